The highest BCUT2D eigenvalue weighted by Gasteiger charge is 2.62. The lowest BCUT2D eigenvalue weighted by molar-refractivity contribution is -0.416. The van der Waals surface area contributed by atoms with Gasteiger partial charge in [-0.3, -0.25) is 4.79 Å². The molecule has 2 unspecified atom stereocenters. The zero-order valence-electron chi connectivity index (χ0n) is 76.3. The van der Waals surface area contributed by atoms with Crippen LogP contribution in [0.4, 0.5) is 4.79 Å². The zero-order valence-corrected chi connectivity index (χ0v) is 76.3. The van der Waals surface area contributed by atoms with Crippen molar-refractivity contribution in [2.24, 2.45) is 15.3 Å². The van der Waals surface area contributed by atoms with Gasteiger partial charge in [0.05, 0.1) is 66.1 Å². The number of methoxy groups -OCH3 is 1. The fourth-order valence-corrected chi connectivity index (χ4v) is 17.8. The molecule has 0 aliphatic carbocycles. The van der Waals surface area contributed by atoms with Crippen LogP contribution in [-0.4, -0.2) is 221 Å². The van der Waals surface area contributed by atoms with E-state index in [1.807, 2.05) is 243 Å². The Hall–Kier alpha value is -11.7. The van der Waals surface area contributed by atoms with Gasteiger partial charge in [0.25, 0.3) is 0 Å². The number of hydrogen-bond donors (Lipinski definition) is 1. The van der Waals surface area contributed by atoms with Gasteiger partial charge in [-0.05, 0) is 81.7 Å². The standard InChI is InChI=1S/C102H112N10O26/c1-64-82(128-65(2)113)81(114)78(106-109-103)98(127-64)134-86-80(108-111-105)99(129-76-62-124-95(132-84(76)86)73-48-28-11-29-49-73)136-90-87(79(107-110-104)97(137-91(90)94(115)117-3)119-53-33-13-32-52-112(54-66-34-14-4-15-35-66)102(116)126-60-72-46-26-10-27-47-72)135-101-93(89(122-58-70-42-22-8-23-43-70)85-77(131-101)63-125-96(133-85)74-50-30-12-31-51-74)138-100-92(123-59-71-44-24-9-25-45-71)88(121-57-69-40-20-7-21-41-69)83(120-56-68-38-18-6-19-39-68)75(130-100)61-118-55-67-36-16-5-17-37-67/h4-12,14-31,34-51,64,75-93,95-101,114H,13,32-33,52-63H2,1-3H3/t64-,75+,76+,77+,78-,79-,80+,81-,82+,83+,84-,85+,86+,87-,88+,89+,90-,91+,92-,93-,95?,96?,97+,98-,99-,100+,101+/m0/s1. The molecule has 36 nitrogen and oxygen atoms in total. The van der Waals surface area contributed by atoms with Crippen LogP contribution in [-0.2, 0) is 160 Å². The molecule has 1 N–H and O–H groups in total. The van der Waals surface area contributed by atoms with Crippen molar-refractivity contribution in [1.29, 1.82) is 0 Å². The largest absolute Gasteiger partial charge is 0.467 e. The topological polar surface area (TPSA) is 424 Å². The zero-order chi connectivity index (χ0) is 95.3. The van der Waals surface area contributed by atoms with Gasteiger partial charge >= 0.3 is 18.0 Å². The summed E-state index contributed by atoms with van der Waals surface area (Å²) in [5.41, 5.74) is 39.4. The van der Waals surface area contributed by atoms with Gasteiger partial charge in [-0.1, -0.05) is 288 Å². The van der Waals surface area contributed by atoms with Crippen molar-refractivity contribution in [2.45, 2.75) is 245 Å². The molecule has 1 amide bonds. The molecule has 16 rings (SSSR count). The average molecular weight is 1890 g/mol. The maximum atomic E-state index is 15.5. The number of esters is 2. The molecule has 0 saturated carbocycles. The quantitative estimate of drug-likeness (QED) is 0.00927. The maximum absolute atomic E-state index is 15.5. The molecule has 7 heterocycles. The molecule has 0 radical (unpaired) electrons. The second kappa shape index (κ2) is 50.3. The minimum absolute atomic E-state index is 0.0282. The van der Waals surface area contributed by atoms with Gasteiger partial charge < -0.3 is 114 Å². The summed E-state index contributed by atoms with van der Waals surface area (Å²) in [6.07, 6.45) is -34.8. The number of aliphatic hydroxyl groups excluding tert-OH is 1. The van der Waals surface area contributed by atoms with Gasteiger partial charge in [0, 0.05) is 52.5 Å². The third-order valence-corrected chi connectivity index (χ3v) is 24.6. The summed E-state index contributed by atoms with van der Waals surface area (Å²) in [5.74, 6) is -1.90. The molecule has 27 atom stereocenters. The lowest BCUT2D eigenvalue weighted by Gasteiger charge is -2.53. The molecule has 9 aromatic carbocycles. The van der Waals surface area contributed by atoms with E-state index < -0.39 is 184 Å². The van der Waals surface area contributed by atoms with Gasteiger partial charge in [0.1, 0.15) is 110 Å². The van der Waals surface area contributed by atoms with Crippen molar-refractivity contribution >= 4 is 18.0 Å². The molecular weight excluding hydrogens is 1780 g/mol. The Morgan fingerprint density at radius 1 is 0.406 bits per heavy atom. The van der Waals surface area contributed by atoms with Gasteiger partial charge in [-0.15, -0.1) is 0 Å². The summed E-state index contributed by atoms with van der Waals surface area (Å²) in [4.78, 5) is 53.6. The summed E-state index contributed by atoms with van der Waals surface area (Å²) >= 11 is 0. The van der Waals surface area contributed by atoms with Crippen LogP contribution in [0, 0.1) is 0 Å². The minimum Gasteiger partial charge on any atom is -0.467 e. The van der Waals surface area contributed by atoms with Crippen LogP contribution in [0.5, 0.6) is 0 Å². The smallest absolute Gasteiger partial charge is 0.410 e. The van der Waals surface area contributed by atoms with Gasteiger partial charge in [0.2, 0.25) is 0 Å². The first-order valence-corrected chi connectivity index (χ1v) is 46.2. The van der Waals surface area contributed by atoms with Crippen molar-refractivity contribution in [2.75, 3.05) is 40.1 Å². The number of azide groups is 3. The van der Waals surface area contributed by atoms with Crippen LogP contribution in [0.15, 0.2) is 288 Å². The van der Waals surface area contributed by atoms with Crippen molar-refractivity contribution in [3.8, 4) is 0 Å². The van der Waals surface area contributed by atoms with Crippen LogP contribution in [0.1, 0.15) is 95.8 Å². The summed E-state index contributed by atoms with van der Waals surface area (Å²) in [6, 6.07) is 79.6. The predicted molar refractivity (Wildman–Crippen MR) is 490 cm³/mol. The number of fused-ring (bicyclic) bond motifs is 2. The Kier molecular flexibility index (Phi) is 36.2. The molecule has 0 aromatic heterocycles. The molecule has 0 spiro atoms. The summed E-state index contributed by atoms with van der Waals surface area (Å²) in [7, 11) is 1.11. The van der Waals surface area contributed by atoms with E-state index in [1.54, 1.807) is 35.2 Å². The number of nitrogens with zero attached hydrogens (tertiary/aromatic N) is 10. The van der Waals surface area contributed by atoms with E-state index in [2.05, 4.69) is 30.1 Å². The third kappa shape index (κ3) is 26.1. The average Bonchev–Trinajstić information content (AvgIpc) is 0.746. The fourth-order valence-electron chi connectivity index (χ4n) is 17.8. The normalized spacial score (nSPS) is 30.0. The Balaban J connectivity index is 0.817. The first-order chi connectivity index (χ1) is 67.7. The molecule has 726 valence electrons. The highest BCUT2D eigenvalue weighted by atomic mass is 16.8. The van der Waals surface area contributed by atoms with E-state index in [4.69, 9.17) is 104 Å². The SMILES string of the molecule is COC(=O)[C@@H]1O[C@@H](OCCCCCN(Cc2ccccc2)C(=O)OCc2ccccc2)[C@@H](N=[N+]=[N-])[C@H](O[C@H]2O[C@@H]3COC(c4ccccc4)O[C@H]3[C@@H](OCc3ccccc3)[C@@H]2O[C@H]2O[C@H](COCc3ccccc3)[C@@H](OCc3ccccc3)[C@@H](OCc3ccccc3)[C@@H]2OCc2ccccc2)[C@@H]1O[C@@H]1O[C@@H]2COC(c3ccccc3)O[C@@H]2[C@H](O[C@@H]2O[C@@H](C)[C@@H](OC(C)=O)[C@@H](O)[C@@H]2N=[N+]=[N-])[C@H]1N=[N+]=[N-]. The third-order valence-electron chi connectivity index (χ3n) is 24.6. The summed E-state index contributed by atoms with van der Waals surface area (Å²) in [5, 5.41) is 24.8. The van der Waals surface area contributed by atoms with E-state index in [9.17, 15) is 31.3 Å². The van der Waals surface area contributed by atoms with E-state index in [1.165, 1.54) is 6.92 Å². The Labute approximate surface area is 797 Å². The number of aliphatic hydroxyl groups is 1. The van der Waals surface area contributed by atoms with Crippen molar-refractivity contribution in [1.82, 2.24) is 4.90 Å². The predicted octanol–water partition coefficient (Wildman–Crippen LogP) is 15.5. The van der Waals surface area contributed by atoms with Crippen molar-refractivity contribution in [3.05, 3.63) is 354 Å². The molecule has 7 aliphatic heterocycles. The van der Waals surface area contributed by atoms with Crippen molar-refractivity contribution in [3.63, 3.8) is 0 Å². The molecule has 7 aliphatic rings. The molecule has 36 heteroatoms. The maximum Gasteiger partial charge on any atom is 0.410 e. The monoisotopic (exact) mass is 1890 g/mol. The molecule has 0 bridgehead atoms. The van der Waals surface area contributed by atoms with Gasteiger partial charge in [0.15, 0.2) is 56.2 Å². The van der Waals surface area contributed by atoms with E-state index >= 15 is 4.79 Å². The number of ether oxygens (including phenoxy) is 22. The Morgan fingerprint density at radius 3 is 1.34 bits per heavy atom. The molecular formula is C102H112N10O26. The van der Waals surface area contributed by atoms with Crippen molar-refractivity contribution < 1.29 is 124 Å². The van der Waals surface area contributed by atoms with Crippen LogP contribution >= 0.6 is 0 Å². The van der Waals surface area contributed by atoms with E-state index in [-0.39, 0.29) is 85.6 Å². The number of amides is 1. The van der Waals surface area contributed by atoms with Crippen LogP contribution in [0.25, 0.3) is 31.3 Å². The number of benzene rings is 9. The number of rotatable bonds is 42. The molecule has 7 fully saturated rings. The number of unbranched alkanes of at least 4 members (excludes halogenated alkanes) is 2. The molecule has 7 saturated heterocycles. The van der Waals surface area contributed by atoms with Crippen LogP contribution in [0.3, 0.4) is 0 Å². The lowest BCUT2D eigenvalue weighted by atomic mass is 9.93. The summed E-state index contributed by atoms with van der Waals surface area (Å²) < 4.78 is 152. The molecule has 138 heavy (non-hydrogen) atoms. The van der Waals surface area contributed by atoms with Crippen LogP contribution in [0.2, 0.25) is 0 Å². The van der Waals surface area contributed by atoms with Gasteiger partial charge in [-0.2, -0.15) is 0 Å². The first-order valence-electron chi connectivity index (χ1n) is 46.2. The van der Waals surface area contributed by atoms with E-state index in [0.29, 0.717) is 29.5 Å². The highest BCUT2D eigenvalue weighted by Crippen LogP contribution is 2.46. The number of hydrogen-bond acceptors (Lipinski definition) is 29. The van der Waals surface area contributed by atoms with Gasteiger partial charge in [-0.25, -0.2) is 9.59 Å². The second-order valence-corrected chi connectivity index (χ2v) is 34.1. The minimum atomic E-state index is -2.03. The Morgan fingerprint density at radius 2 is 0.826 bits per heavy atom. The Bertz CT molecular complexity index is 5400. The number of carbonyl (C=O) groups is 3. The summed E-state index contributed by atoms with van der Waals surface area (Å²) in [6.45, 7) is 2.51. The lowest BCUT2D eigenvalue weighted by Crippen LogP contribution is -2.70. The molecule has 9 aromatic rings. The van der Waals surface area contributed by atoms with E-state index in [0.717, 1.165) is 47.4 Å². The number of carbonyl (C=O) groups excluding carboxylic acids is 3. The van der Waals surface area contributed by atoms with Crippen LogP contribution < -0.4 is 0 Å². The first kappa shape index (κ1) is 99.3. The highest BCUT2D eigenvalue weighted by molar-refractivity contribution is 5.75. The second-order valence-electron chi connectivity index (χ2n) is 34.1. The fraction of sp³-hybridized carbons (Fsp3) is 0.441.